The minimum absolute atomic E-state index is 0.110. The molecule has 96 valence electrons. The largest absolute Gasteiger partial charge is 0.455 e. The molecule has 6 heteroatoms. The molecule has 0 atom stereocenters. The van der Waals surface area contributed by atoms with E-state index in [-0.39, 0.29) is 5.91 Å². The highest BCUT2D eigenvalue weighted by Gasteiger charge is 2.31. The molecule has 0 aromatic carbocycles. The van der Waals surface area contributed by atoms with E-state index in [0.29, 0.717) is 11.9 Å². The maximum atomic E-state index is 11.1. The van der Waals surface area contributed by atoms with Gasteiger partial charge in [-0.2, -0.15) is 0 Å². The van der Waals surface area contributed by atoms with E-state index in [1.54, 1.807) is 7.05 Å². The zero-order chi connectivity index (χ0) is 12.8. The maximum Gasteiger partial charge on any atom is 0.219 e. The van der Waals surface area contributed by atoms with Crippen LogP contribution in [0.2, 0.25) is 32.2 Å². The van der Waals surface area contributed by atoms with Crippen molar-refractivity contribution in [2.24, 2.45) is 0 Å². The SMILES string of the molecule is CNC(=O)CCC[Si](C)(C)O[Si](C)(C)CCl. The predicted molar refractivity (Wildman–Crippen MR) is 74.9 cm³/mol. The van der Waals surface area contributed by atoms with Crippen LogP contribution in [0, 0.1) is 0 Å². The quantitative estimate of drug-likeness (QED) is 0.576. The second kappa shape index (κ2) is 6.78. The fraction of sp³-hybridized carbons (Fsp3) is 0.900. The van der Waals surface area contributed by atoms with Crippen LogP contribution in [0.25, 0.3) is 0 Å². The molecule has 1 amide bonds. The van der Waals surface area contributed by atoms with Crippen LogP contribution in [-0.2, 0) is 8.91 Å². The summed E-state index contributed by atoms with van der Waals surface area (Å²) >= 11 is 5.90. The summed E-state index contributed by atoms with van der Waals surface area (Å²) in [6, 6.07) is 1.02. The second-order valence-electron chi connectivity index (χ2n) is 5.28. The molecule has 0 heterocycles. The van der Waals surface area contributed by atoms with Crippen molar-refractivity contribution in [3.63, 3.8) is 0 Å². The first-order valence-corrected chi connectivity index (χ1v) is 12.5. The summed E-state index contributed by atoms with van der Waals surface area (Å²) < 4.78 is 6.20. The zero-order valence-corrected chi connectivity index (χ0v) is 13.8. The number of hydrogen-bond donors (Lipinski definition) is 1. The minimum Gasteiger partial charge on any atom is -0.455 e. The normalized spacial score (nSPS) is 12.6. The Labute approximate surface area is 106 Å². The zero-order valence-electron chi connectivity index (χ0n) is 11.0. The molecule has 0 fully saturated rings. The lowest BCUT2D eigenvalue weighted by molar-refractivity contribution is -0.120. The molecule has 0 aliphatic heterocycles. The van der Waals surface area contributed by atoms with Gasteiger partial charge < -0.3 is 9.43 Å². The molecule has 0 bridgehead atoms. The van der Waals surface area contributed by atoms with E-state index >= 15 is 0 Å². The van der Waals surface area contributed by atoms with Crippen LogP contribution in [0.4, 0.5) is 0 Å². The summed E-state index contributed by atoms with van der Waals surface area (Å²) in [5.41, 5.74) is 0.638. The number of carbonyl (C=O) groups excluding carboxylic acids is 1. The van der Waals surface area contributed by atoms with Gasteiger partial charge in [0.2, 0.25) is 5.91 Å². The molecule has 0 spiro atoms. The Morgan fingerprint density at radius 2 is 1.81 bits per heavy atom. The monoisotopic (exact) mass is 281 g/mol. The number of alkyl halides is 1. The minimum atomic E-state index is -1.67. The molecule has 0 rings (SSSR count). The molecule has 3 nitrogen and oxygen atoms in total. The van der Waals surface area contributed by atoms with Crippen LogP contribution in [0.1, 0.15) is 12.8 Å². The van der Waals surface area contributed by atoms with Gasteiger partial charge in [0, 0.05) is 19.0 Å². The van der Waals surface area contributed by atoms with Crippen molar-refractivity contribution >= 4 is 34.1 Å². The van der Waals surface area contributed by atoms with Crippen LogP contribution >= 0.6 is 11.6 Å². The van der Waals surface area contributed by atoms with Crippen LogP contribution in [-0.4, -0.2) is 35.1 Å². The maximum absolute atomic E-state index is 11.1. The molecule has 0 unspecified atom stereocenters. The lowest BCUT2D eigenvalue weighted by Gasteiger charge is -2.32. The van der Waals surface area contributed by atoms with Crippen molar-refractivity contribution in [3.8, 4) is 0 Å². The summed E-state index contributed by atoms with van der Waals surface area (Å²) in [4.78, 5) is 11.1. The van der Waals surface area contributed by atoms with Gasteiger partial charge in [0.1, 0.15) is 0 Å². The first kappa shape index (κ1) is 16.2. The highest BCUT2D eigenvalue weighted by molar-refractivity contribution is 6.87. The van der Waals surface area contributed by atoms with Gasteiger partial charge in [0.25, 0.3) is 0 Å². The predicted octanol–water partition coefficient (Wildman–Crippen LogP) is 2.72. The summed E-state index contributed by atoms with van der Waals surface area (Å²) in [6.07, 6.45) is 1.50. The van der Waals surface area contributed by atoms with Crippen LogP contribution in [0.3, 0.4) is 0 Å². The van der Waals surface area contributed by atoms with E-state index in [2.05, 4.69) is 31.5 Å². The molecule has 0 aliphatic carbocycles. The van der Waals surface area contributed by atoms with E-state index in [4.69, 9.17) is 15.7 Å². The highest BCUT2D eigenvalue weighted by Crippen LogP contribution is 2.21. The van der Waals surface area contributed by atoms with Gasteiger partial charge >= 0.3 is 0 Å². The Morgan fingerprint density at radius 1 is 1.25 bits per heavy atom. The Kier molecular flexibility index (Phi) is 6.85. The molecule has 0 aromatic heterocycles. The Bertz CT molecular complexity index is 235. The number of amides is 1. The summed E-state index contributed by atoms with van der Waals surface area (Å²) in [5, 5.41) is 2.63. The van der Waals surface area contributed by atoms with Gasteiger partial charge in [-0.05, 0) is 38.7 Å². The fourth-order valence-electron chi connectivity index (χ4n) is 1.63. The second-order valence-corrected chi connectivity index (χ2v) is 14.7. The summed E-state index contributed by atoms with van der Waals surface area (Å²) in [5.74, 6) is 0.110. The number of halogens is 1. The van der Waals surface area contributed by atoms with E-state index in [0.717, 1.165) is 12.5 Å². The third-order valence-corrected chi connectivity index (χ3v) is 10.9. The standard InChI is InChI=1S/C10H24ClNO2Si2/c1-12-10(13)7-6-8-15(2,3)14-16(4,5)9-11/h6-9H2,1-5H3,(H,12,13). The topological polar surface area (TPSA) is 38.3 Å². The molecular formula is C10H24ClNO2Si2. The first-order valence-electron chi connectivity index (χ1n) is 5.69. The molecule has 0 aliphatic rings. The fourth-order valence-corrected chi connectivity index (χ4v) is 9.76. The van der Waals surface area contributed by atoms with Crippen LogP contribution in [0.5, 0.6) is 0 Å². The van der Waals surface area contributed by atoms with Crippen LogP contribution in [0.15, 0.2) is 0 Å². The van der Waals surface area contributed by atoms with Crippen molar-refractivity contribution in [2.75, 3.05) is 12.6 Å². The number of nitrogens with one attached hydrogen (secondary N) is 1. The summed E-state index contributed by atoms with van der Waals surface area (Å²) in [7, 11) is -1.64. The third-order valence-electron chi connectivity index (χ3n) is 2.34. The molecule has 0 saturated carbocycles. The van der Waals surface area contributed by atoms with Gasteiger partial charge in [-0.25, -0.2) is 0 Å². The molecule has 0 aromatic rings. The van der Waals surface area contributed by atoms with Crippen molar-refractivity contribution in [1.29, 1.82) is 0 Å². The molecule has 16 heavy (non-hydrogen) atoms. The average Bonchev–Trinajstić information content (AvgIpc) is 2.15. The number of rotatable bonds is 7. The van der Waals surface area contributed by atoms with Crippen molar-refractivity contribution < 1.29 is 8.91 Å². The first-order chi connectivity index (χ1) is 7.22. The molecular weight excluding hydrogens is 258 g/mol. The third kappa shape index (κ3) is 7.43. The van der Waals surface area contributed by atoms with Gasteiger partial charge in [-0.1, -0.05) is 0 Å². The van der Waals surface area contributed by atoms with Gasteiger partial charge in [0.15, 0.2) is 16.6 Å². The van der Waals surface area contributed by atoms with Crippen LogP contribution < -0.4 is 5.32 Å². The number of hydrogen-bond acceptors (Lipinski definition) is 2. The summed E-state index contributed by atoms with van der Waals surface area (Å²) in [6.45, 7) is 8.71. The van der Waals surface area contributed by atoms with Crippen molar-refractivity contribution in [3.05, 3.63) is 0 Å². The van der Waals surface area contributed by atoms with E-state index in [1.165, 1.54) is 0 Å². The lowest BCUT2D eigenvalue weighted by atomic mass is 10.3. The Balaban J connectivity index is 4.00. The van der Waals surface area contributed by atoms with E-state index in [9.17, 15) is 4.79 Å². The van der Waals surface area contributed by atoms with Gasteiger partial charge in [-0.3, -0.25) is 4.79 Å². The molecule has 1 N–H and O–H groups in total. The lowest BCUT2D eigenvalue weighted by Crippen LogP contribution is -2.45. The number of carbonyl (C=O) groups is 1. The van der Waals surface area contributed by atoms with E-state index < -0.39 is 16.6 Å². The van der Waals surface area contributed by atoms with E-state index in [1.807, 2.05) is 0 Å². The van der Waals surface area contributed by atoms with Gasteiger partial charge in [0.05, 0.1) is 0 Å². The van der Waals surface area contributed by atoms with Crippen molar-refractivity contribution in [1.82, 2.24) is 5.32 Å². The van der Waals surface area contributed by atoms with Crippen molar-refractivity contribution in [2.45, 2.75) is 45.1 Å². The Morgan fingerprint density at radius 3 is 2.25 bits per heavy atom. The average molecular weight is 282 g/mol. The Hall–Kier alpha value is 0.154. The molecule has 0 radical (unpaired) electrons. The van der Waals surface area contributed by atoms with Gasteiger partial charge in [-0.15, -0.1) is 11.6 Å². The molecule has 0 saturated heterocycles. The highest BCUT2D eigenvalue weighted by atomic mass is 35.5. The smallest absolute Gasteiger partial charge is 0.219 e.